The predicted octanol–water partition coefficient (Wildman–Crippen LogP) is 2.64. The van der Waals surface area contributed by atoms with Crippen molar-refractivity contribution in [3.05, 3.63) is 30.1 Å². The van der Waals surface area contributed by atoms with Gasteiger partial charge < -0.3 is 5.11 Å². The first-order chi connectivity index (χ1) is 9.16. The molecule has 1 N–H and O–H groups in total. The number of piperidine rings is 1. The van der Waals surface area contributed by atoms with Gasteiger partial charge in [-0.1, -0.05) is 13.3 Å². The van der Waals surface area contributed by atoms with Crippen molar-refractivity contribution in [2.75, 3.05) is 13.1 Å². The van der Waals surface area contributed by atoms with E-state index >= 15 is 0 Å². The molecule has 2 atom stereocenters. The Morgan fingerprint density at radius 2 is 1.89 bits per heavy atom. The van der Waals surface area contributed by atoms with Crippen molar-refractivity contribution >= 4 is 0 Å². The van der Waals surface area contributed by atoms with Crippen LogP contribution in [0, 0.1) is 0 Å². The minimum atomic E-state index is -0.321. The van der Waals surface area contributed by atoms with Gasteiger partial charge in [0.1, 0.15) is 0 Å². The van der Waals surface area contributed by atoms with Crippen LogP contribution in [0.15, 0.2) is 24.5 Å². The lowest BCUT2D eigenvalue weighted by Gasteiger charge is -2.46. The van der Waals surface area contributed by atoms with Gasteiger partial charge in [-0.2, -0.15) is 0 Å². The van der Waals surface area contributed by atoms with Gasteiger partial charge in [0.15, 0.2) is 0 Å². The molecule has 3 heteroatoms. The van der Waals surface area contributed by atoms with Crippen LogP contribution in [-0.2, 0) is 6.42 Å². The molecule has 2 rings (SSSR count). The summed E-state index contributed by atoms with van der Waals surface area (Å²) in [5, 5.41) is 10.7. The van der Waals surface area contributed by atoms with E-state index in [9.17, 15) is 5.11 Å². The van der Waals surface area contributed by atoms with Crippen LogP contribution in [0.1, 0.15) is 45.1 Å². The molecule has 19 heavy (non-hydrogen) atoms. The zero-order chi connectivity index (χ0) is 13.7. The highest BCUT2D eigenvalue weighted by molar-refractivity contribution is 5.13. The molecule has 2 heterocycles. The van der Waals surface area contributed by atoms with Crippen LogP contribution >= 0.6 is 0 Å². The van der Waals surface area contributed by atoms with Crippen LogP contribution in [0.4, 0.5) is 0 Å². The Labute approximate surface area is 116 Å². The lowest BCUT2D eigenvalue weighted by molar-refractivity contribution is -0.0328. The molecule has 1 fully saturated rings. The summed E-state index contributed by atoms with van der Waals surface area (Å²) in [4.78, 5) is 6.52. The first-order valence-corrected chi connectivity index (χ1v) is 7.49. The zero-order valence-electron chi connectivity index (χ0n) is 12.2. The van der Waals surface area contributed by atoms with Gasteiger partial charge in [-0.25, -0.2) is 0 Å². The SMILES string of the molecule is CCC(C)(C(O)Cc1ccncc1)N1CCCCC1. The van der Waals surface area contributed by atoms with Crippen molar-refractivity contribution in [3.8, 4) is 0 Å². The second-order valence-electron chi connectivity index (χ2n) is 5.83. The number of likely N-dealkylation sites (tertiary alicyclic amines) is 1. The molecule has 0 aliphatic carbocycles. The molecule has 2 unspecified atom stereocenters. The first kappa shape index (κ1) is 14.5. The number of hydrogen-bond donors (Lipinski definition) is 1. The van der Waals surface area contributed by atoms with E-state index < -0.39 is 0 Å². The lowest BCUT2D eigenvalue weighted by Crippen LogP contribution is -2.56. The molecule has 0 aromatic carbocycles. The maximum absolute atomic E-state index is 10.7. The number of nitrogens with zero attached hydrogens (tertiary/aromatic N) is 2. The van der Waals surface area contributed by atoms with Crippen molar-refractivity contribution in [1.29, 1.82) is 0 Å². The minimum Gasteiger partial charge on any atom is -0.391 e. The molecule has 1 aliphatic rings. The number of aliphatic hydroxyl groups excluding tert-OH is 1. The Morgan fingerprint density at radius 1 is 1.26 bits per heavy atom. The summed E-state index contributed by atoms with van der Waals surface area (Å²) in [6.45, 7) is 6.64. The van der Waals surface area contributed by atoms with Crippen molar-refractivity contribution in [2.24, 2.45) is 0 Å². The zero-order valence-corrected chi connectivity index (χ0v) is 12.2. The topological polar surface area (TPSA) is 36.4 Å². The molecule has 106 valence electrons. The number of pyridine rings is 1. The molecular weight excluding hydrogens is 236 g/mol. The molecule has 3 nitrogen and oxygen atoms in total. The average Bonchev–Trinajstić information content (AvgIpc) is 2.48. The summed E-state index contributed by atoms with van der Waals surface area (Å²) in [5.74, 6) is 0. The van der Waals surface area contributed by atoms with E-state index in [0.29, 0.717) is 6.42 Å². The number of hydrogen-bond acceptors (Lipinski definition) is 3. The second kappa shape index (κ2) is 6.49. The molecule has 1 saturated heterocycles. The summed E-state index contributed by atoms with van der Waals surface area (Å²) >= 11 is 0. The van der Waals surface area contributed by atoms with E-state index in [0.717, 1.165) is 19.5 Å². The van der Waals surface area contributed by atoms with Crippen molar-refractivity contribution < 1.29 is 5.11 Å². The molecule has 0 radical (unpaired) electrons. The Hall–Kier alpha value is -0.930. The van der Waals surface area contributed by atoms with Gasteiger partial charge in [0.05, 0.1) is 6.10 Å². The third-order valence-electron chi connectivity index (χ3n) is 4.69. The summed E-state index contributed by atoms with van der Waals surface area (Å²) in [7, 11) is 0. The van der Waals surface area contributed by atoms with Gasteiger partial charge in [0.2, 0.25) is 0 Å². The molecule has 0 spiro atoms. The summed E-state index contributed by atoms with van der Waals surface area (Å²) in [6.07, 6.45) is 8.82. The van der Waals surface area contributed by atoms with Crippen molar-refractivity contribution in [3.63, 3.8) is 0 Å². The highest BCUT2D eigenvalue weighted by atomic mass is 16.3. The predicted molar refractivity (Wildman–Crippen MR) is 78.1 cm³/mol. The maximum atomic E-state index is 10.7. The fourth-order valence-electron chi connectivity index (χ4n) is 3.04. The first-order valence-electron chi connectivity index (χ1n) is 7.49. The summed E-state index contributed by atoms with van der Waals surface area (Å²) < 4.78 is 0. The molecule has 1 aromatic heterocycles. The quantitative estimate of drug-likeness (QED) is 0.886. The monoisotopic (exact) mass is 262 g/mol. The van der Waals surface area contributed by atoms with Crippen LogP contribution in [-0.4, -0.2) is 39.7 Å². The summed E-state index contributed by atoms with van der Waals surface area (Å²) in [5.41, 5.74) is 1.06. The Morgan fingerprint density at radius 3 is 2.47 bits per heavy atom. The largest absolute Gasteiger partial charge is 0.391 e. The van der Waals surface area contributed by atoms with E-state index in [1.54, 1.807) is 12.4 Å². The summed E-state index contributed by atoms with van der Waals surface area (Å²) in [6, 6.07) is 3.99. The van der Waals surface area contributed by atoms with Crippen LogP contribution in [0.2, 0.25) is 0 Å². The third-order valence-corrected chi connectivity index (χ3v) is 4.69. The number of aliphatic hydroxyl groups is 1. The van der Waals surface area contributed by atoms with Crippen molar-refractivity contribution in [1.82, 2.24) is 9.88 Å². The van der Waals surface area contributed by atoms with E-state index in [1.165, 1.54) is 24.8 Å². The Balaban J connectivity index is 2.06. The molecule has 1 aromatic rings. The van der Waals surface area contributed by atoms with Crippen LogP contribution in [0.3, 0.4) is 0 Å². The van der Waals surface area contributed by atoms with Gasteiger partial charge in [-0.15, -0.1) is 0 Å². The fourth-order valence-corrected chi connectivity index (χ4v) is 3.04. The van der Waals surface area contributed by atoms with E-state index in [4.69, 9.17) is 0 Å². The van der Waals surface area contributed by atoms with Crippen LogP contribution < -0.4 is 0 Å². The minimum absolute atomic E-state index is 0.107. The molecule has 1 aliphatic heterocycles. The lowest BCUT2D eigenvalue weighted by atomic mass is 9.84. The molecule has 0 saturated carbocycles. The van der Waals surface area contributed by atoms with Gasteiger partial charge in [-0.05, 0) is 57.0 Å². The van der Waals surface area contributed by atoms with Gasteiger partial charge >= 0.3 is 0 Å². The molecule has 0 bridgehead atoms. The Bertz CT molecular complexity index is 376. The molecule has 0 amide bonds. The highest BCUT2D eigenvalue weighted by Crippen LogP contribution is 2.29. The highest BCUT2D eigenvalue weighted by Gasteiger charge is 2.37. The van der Waals surface area contributed by atoms with E-state index in [-0.39, 0.29) is 11.6 Å². The van der Waals surface area contributed by atoms with Gasteiger partial charge in [0.25, 0.3) is 0 Å². The third kappa shape index (κ3) is 3.34. The van der Waals surface area contributed by atoms with Gasteiger partial charge in [-0.3, -0.25) is 9.88 Å². The molecular formula is C16H26N2O. The van der Waals surface area contributed by atoms with Gasteiger partial charge in [0, 0.05) is 24.4 Å². The normalized spacial score (nSPS) is 21.8. The smallest absolute Gasteiger partial charge is 0.0761 e. The second-order valence-corrected chi connectivity index (χ2v) is 5.83. The van der Waals surface area contributed by atoms with Crippen LogP contribution in [0.25, 0.3) is 0 Å². The van der Waals surface area contributed by atoms with E-state index in [2.05, 4.69) is 23.7 Å². The Kier molecular flexibility index (Phi) is 4.94. The fraction of sp³-hybridized carbons (Fsp3) is 0.688. The number of aromatic nitrogens is 1. The van der Waals surface area contributed by atoms with E-state index in [1.807, 2.05) is 12.1 Å². The van der Waals surface area contributed by atoms with Crippen LogP contribution in [0.5, 0.6) is 0 Å². The standard InChI is InChI=1S/C16H26N2O/c1-3-16(2,18-11-5-4-6-12-18)15(19)13-14-7-9-17-10-8-14/h7-10,15,19H,3-6,11-13H2,1-2H3. The van der Waals surface area contributed by atoms with Crippen molar-refractivity contribution in [2.45, 2.75) is 57.6 Å². The number of rotatable bonds is 5. The maximum Gasteiger partial charge on any atom is 0.0761 e. The average molecular weight is 262 g/mol.